The molecule has 0 aromatic carbocycles. The fourth-order valence-corrected chi connectivity index (χ4v) is 1.12. The quantitative estimate of drug-likeness (QED) is 0.452. The maximum Gasteiger partial charge on any atom is 0.298 e. The van der Waals surface area contributed by atoms with Crippen LogP contribution in [0.5, 0.6) is 0 Å². The molecule has 0 bridgehead atoms. The maximum atomic E-state index is 11.3. The molecule has 3 rings (SSSR count). The molecule has 0 fully saturated rings. The third kappa shape index (κ3) is 1.09. The molecule has 0 amide bonds. The largest absolute Gasteiger partial charge is 0.359 e. The summed E-state index contributed by atoms with van der Waals surface area (Å²) in [6.45, 7) is 0. The molecule has 12 nitrogen and oxygen atoms in total. The second-order valence-electron chi connectivity index (χ2n) is 2.63. The van der Waals surface area contributed by atoms with Crippen molar-refractivity contribution in [3.63, 3.8) is 0 Å². The van der Waals surface area contributed by atoms with E-state index >= 15 is 0 Å². The van der Waals surface area contributed by atoms with E-state index in [1.54, 1.807) is 0 Å². The molecule has 2 N–H and O–H groups in total. The Kier molecular flexibility index (Phi) is 1.60. The Morgan fingerprint density at radius 3 is 2.38 bits per heavy atom. The standard InChI is InChI=1S/C4H2N10O2/c15-14-2(4-7-12-13-8-4)1(9-16-14)3-5-10-11-6-3/h(H,5,6,10,11)(H,7,8,12,13). The monoisotopic (exact) mass is 222 g/mol. The molecule has 0 spiro atoms. The highest BCUT2D eigenvalue weighted by Gasteiger charge is 2.28. The van der Waals surface area contributed by atoms with E-state index in [9.17, 15) is 5.21 Å². The number of nitrogens with zero attached hydrogens (tertiary/aromatic N) is 8. The van der Waals surface area contributed by atoms with Crippen molar-refractivity contribution in [3.05, 3.63) is 5.21 Å². The zero-order valence-corrected chi connectivity index (χ0v) is 7.39. The molecule has 0 saturated heterocycles. The summed E-state index contributed by atoms with van der Waals surface area (Å²) in [5.74, 6) is 0.271. The van der Waals surface area contributed by atoms with Crippen molar-refractivity contribution in [2.45, 2.75) is 0 Å². The van der Waals surface area contributed by atoms with E-state index in [1.807, 2.05) is 0 Å². The lowest BCUT2D eigenvalue weighted by Crippen LogP contribution is -2.25. The summed E-state index contributed by atoms with van der Waals surface area (Å²) in [4.78, 5) is 0.153. The van der Waals surface area contributed by atoms with Crippen molar-refractivity contribution < 1.29 is 9.53 Å². The third-order valence-electron chi connectivity index (χ3n) is 1.75. The average Bonchev–Trinajstić information content (AvgIpc) is 2.96. The Hall–Kier alpha value is -2.92. The van der Waals surface area contributed by atoms with E-state index in [0.29, 0.717) is 0 Å². The van der Waals surface area contributed by atoms with Gasteiger partial charge in [0.15, 0.2) is 0 Å². The molecule has 80 valence electrons. The van der Waals surface area contributed by atoms with Crippen LogP contribution in [0.15, 0.2) is 4.63 Å². The Bertz CT molecular complexity index is 580. The SMILES string of the molecule is [O-][n+]1onc(-c2nnn[nH]2)c1-c1nnn[nH]1. The first-order valence-electron chi connectivity index (χ1n) is 3.94. The summed E-state index contributed by atoms with van der Waals surface area (Å²) in [5.41, 5.74) is 0.0992. The molecule has 16 heavy (non-hydrogen) atoms. The molecule has 3 aromatic rings. The smallest absolute Gasteiger partial charge is 0.298 e. The van der Waals surface area contributed by atoms with E-state index < -0.39 is 0 Å². The van der Waals surface area contributed by atoms with E-state index in [-0.39, 0.29) is 27.9 Å². The van der Waals surface area contributed by atoms with Crippen molar-refractivity contribution in [2.24, 2.45) is 0 Å². The van der Waals surface area contributed by atoms with Crippen LogP contribution < -0.4 is 4.90 Å². The second kappa shape index (κ2) is 3.04. The van der Waals surface area contributed by atoms with Crippen LogP contribution in [-0.2, 0) is 0 Å². The first-order valence-corrected chi connectivity index (χ1v) is 3.94. The fourth-order valence-electron chi connectivity index (χ4n) is 1.12. The Balaban J connectivity index is 2.21. The van der Waals surface area contributed by atoms with Crippen LogP contribution in [0.4, 0.5) is 0 Å². The first kappa shape index (κ1) is 8.39. The molecule has 12 heteroatoms. The van der Waals surface area contributed by atoms with Crippen LogP contribution in [0.2, 0.25) is 0 Å². The molecule has 0 unspecified atom stereocenters. The molecule has 0 radical (unpaired) electrons. The van der Waals surface area contributed by atoms with E-state index in [0.717, 1.165) is 0 Å². The van der Waals surface area contributed by atoms with Gasteiger partial charge in [-0.25, -0.2) is 10.2 Å². The van der Waals surface area contributed by atoms with Crippen molar-refractivity contribution in [1.82, 2.24) is 46.4 Å². The van der Waals surface area contributed by atoms with Crippen molar-refractivity contribution >= 4 is 0 Å². The number of aromatic amines is 2. The molecule has 0 saturated carbocycles. The summed E-state index contributed by atoms with van der Waals surface area (Å²) in [6, 6.07) is 0. The topological polar surface area (TPSA) is 162 Å². The Morgan fingerprint density at radius 2 is 1.75 bits per heavy atom. The highest BCUT2D eigenvalue weighted by atomic mass is 16.8. The lowest BCUT2D eigenvalue weighted by molar-refractivity contribution is -0.793. The highest BCUT2D eigenvalue weighted by molar-refractivity contribution is 5.65. The van der Waals surface area contributed by atoms with Crippen LogP contribution >= 0.6 is 0 Å². The zero-order valence-electron chi connectivity index (χ0n) is 7.39. The van der Waals surface area contributed by atoms with Gasteiger partial charge in [-0.3, -0.25) is 4.63 Å². The predicted octanol–water partition coefficient (Wildman–Crippen LogP) is -2.33. The van der Waals surface area contributed by atoms with Gasteiger partial charge in [0.1, 0.15) is 0 Å². The summed E-state index contributed by atoms with van der Waals surface area (Å²) in [7, 11) is 0. The molecular formula is C4H2N10O2. The normalized spacial score (nSPS) is 10.8. The number of nitrogens with one attached hydrogen (secondary N) is 2. The lowest BCUT2D eigenvalue weighted by Gasteiger charge is -1.89. The number of tetrazole rings is 2. The minimum Gasteiger partial charge on any atom is -0.359 e. The van der Waals surface area contributed by atoms with Crippen molar-refractivity contribution in [3.8, 4) is 23.0 Å². The average molecular weight is 222 g/mol. The molecule has 0 aliphatic rings. The fraction of sp³-hybridized carbons (Fsp3) is 0. The van der Waals surface area contributed by atoms with Gasteiger partial charge in [0, 0.05) is 0 Å². The van der Waals surface area contributed by atoms with E-state index in [1.165, 1.54) is 0 Å². The first-order chi connectivity index (χ1) is 7.86. The highest BCUT2D eigenvalue weighted by Crippen LogP contribution is 2.20. The van der Waals surface area contributed by atoms with Crippen LogP contribution in [0.3, 0.4) is 0 Å². The number of aromatic nitrogens is 10. The number of hydrogen-bond acceptors (Lipinski definition) is 9. The zero-order chi connectivity index (χ0) is 11.0. The third-order valence-corrected chi connectivity index (χ3v) is 1.75. The molecule has 0 aliphatic heterocycles. The van der Waals surface area contributed by atoms with Gasteiger partial charge in [0.25, 0.3) is 11.4 Å². The van der Waals surface area contributed by atoms with Gasteiger partial charge in [-0.05, 0) is 25.8 Å². The number of hydrogen-bond donors (Lipinski definition) is 2. The van der Waals surface area contributed by atoms with Crippen molar-refractivity contribution in [2.75, 3.05) is 0 Å². The van der Waals surface area contributed by atoms with Gasteiger partial charge >= 0.3 is 0 Å². The van der Waals surface area contributed by atoms with Gasteiger partial charge in [0.05, 0.1) is 5.16 Å². The summed E-state index contributed by atoms with van der Waals surface area (Å²) >= 11 is 0. The molecule has 0 aliphatic carbocycles. The van der Waals surface area contributed by atoms with Gasteiger partial charge < -0.3 is 5.21 Å². The maximum absolute atomic E-state index is 11.3. The van der Waals surface area contributed by atoms with Gasteiger partial charge in [-0.2, -0.15) is 0 Å². The van der Waals surface area contributed by atoms with Crippen LogP contribution in [0.25, 0.3) is 23.0 Å². The van der Waals surface area contributed by atoms with Crippen LogP contribution in [0, 0.1) is 5.21 Å². The predicted molar refractivity (Wildman–Crippen MR) is 41.8 cm³/mol. The molecule has 3 aromatic heterocycles. The van der Waals surface area contributed by atoms with Crippen LogP contribution in [-0.4, -0.2) is 46.4 Å². The van der Waals surface area contributed by atoms with Gasteiger partial charge in [-0.15, -0.1) is 10.2 Å². The molecule has 3 heterocycles. The number of H-pyrrole nitrogens is 2. The summed E-state index contributed by atoms with van der Waals surface area (Å²) in [5, 5.41) is 40.2. The second-order valence-corrected chi connectivity index (χ2v) is 2.63. The Morgan fingerprint density at radius 1 is 1.06 bits per heavy atom. The van der Waals surface area contributed by atoms with Crippen LogP contribution in [0.1, 0.15) is 0 Å². The summed E-state index contributed by atoms with van der Waals surface area (Å²) in [6.07, 6.45) is 0. The van der Waals surface area contributed by atoms with E-state index in [2.05, 4.69) is 51.0 Å². The van der Waals surface area contributed by atoms with Crippen molar-refractivity contribution in [1.29, 1.82) is 0 Å². The molecule has 0 atom stereocenters. The lowest BCUT2D eigenvalue weighted by atomic mass is 10.3. The Labute approximate surface area is 85.2 Å². The number of rotatable bonds is 2. The van der Waals surface area contributed by atoms with E-state index in [4.69, 9.17) is 0 Å². The van der Waals surface area contributed by atoms with Gasteiger partial charge in [0.2, 0.25) is 11.6 Å². The van der Waals surface area contributed by atoms with Gasteiger partial charge in [-0.1, -0.05) is 0 Å². The summed E-state index contributed by atoms with van der Waals surface area (Å²) < 4.78 is 4.42. The molecular weight excluding hydrogens is 220 g/mol. The minimum atomic E-state index is -0.0106. The minimum absolute atomic E-state index is 0.0106.